The van der Waals surface area contributed by atoms with Crippen LogP contribution in [-0.2, 0) is 36.6 Å². The average Bonchev–Trinajstić information content (AvgIpc) is 3.37. The number of nitrogens with zero attached hydrogens (tertiary/aromatic N) is 7. The number of anilines is 1. The number of carbonyl (C=O) groups is 2. The molecule has 0 N–H and O–H groups in total. The van der Waals surface area contributed by atoms with E-state index >= 15 is 0 Å². The molecule has 5 rings (SSSR count). The third-order valence-electron chi connectivity index (χ3n) is 6.35. The molecular weight excluding hydrogens is 422 g/mol. The Labute approximate surface area is 191 Å². The summed E-state index contributed by atoms with van der Waals surface area (Å²) in [5.74, 6) is 1.41. The molecule has 3 aromatic rings. The fraction of sp³-hybridized carbons (Fsp3) is 0.435. The van der Waals surface area contributed by atoms with Gasteiger partial charge in [0, 0.05) is 57.8 Å². The summed E-state index contributed by atoms with van der Waals surface area (Å²) in [5.41, 5.74) is 4.78. The van der Waals surface area contributed by atoms with Gasteiger partial charge in [-0.25, -0.2) is 0 Å². The van der Waals surface area contributed by atoms with Crippen molar-refractivity contribution in [3.05, 3.63) is 41.3 Å². The highest BCUT2D eigenvalue weighted by Crippen LogP contribution is 2.33. The van der Waals surface area contributed by atoms with Crippen molar-refractivity contribution in [2.45, 2.75) is 32.7 Å². The van der Waals surface area contributed by atoms with Crippen molar-refractivity contribution in [3.8, 4) is 17.3 Å². The van der Waals surface area contributed by atoms with Gasteiger partial charge in [0.2, 0.25) is 5.91 Å². The Morgan fingerprint density at radius 1 is 1.24 bits per heavy atom. The molecule has 10 heteroatoms. The van der Waals surface area contributed by atoms with Crippen LogP contribution < -0.4 is 9.64 Å². The van der Waals surface area contributed by atoms with Crippen molar-refractivity contribution in [1.29, 1.82) is 0 Å². The number of ether oxygens (including phenoxy) is 1. The fourth-order valence-corrected chi connectivity index (χ4v) is 4.59. The second-order valence-corrected chi connectivity index (χ2v) is 8.64. The van der Waals surface area contributed by atoms with Gasteiger partial charge in [-0.05, 0) is 31.0 Å². The van der Waals surface area contributed by atoms with Gasteiger partial charge in [-0.2, -0.15) is 5.10 Å². The number of hydrogen-bond donors (Lipinski definition) is 0. The summed E-state index contributed by atoms with van der Waals surface area (Å²) in [5, 5.41) is 12.8. The summed E-state index contributed by atoms with van der Waals surface area (Å²) in [6.45, 7) is 3.66. The lowest BCUT2D eigenvalue weighted by Gasteiger charge is -2.30. The van der Waals surface area contributed by atoms with E-state index in [0.717, 1.165) is 34.6 Å². The van der Waals surface area contributed by atoms with E-state index in [9.17, 15) is 9.59 Å². The lowest BCUT2D eigenvalue weighted by Crippen LogP contribution is -2.40. The number of hydrogen-bond acceptors (Lipinski definition) is 6. The smallest absolute Gasteiger partial charge is 0.265 e. The van der Waals surface area contributed by atoms with Crippen LogP contribution in [0.25, 0.3) is 11.5 Å². The minimum absolute atomic E-state index is 0.0325. The van der Waals surface area contributed by atoms with Gasteiger partial charge in [-0.15, -0.1) is 10.2 Å². The SMILES string of the molecule is Cc1ccc2c(c1)N(CCCC(=O)N1CCc3c(c(-c4nncn4C)nn3C)C1)C(=O)CO2. The van der Waals surface area contributed by atoms with Crippen molar-refractivity contribution in [2.24, 2.45) is 14.1 Å². The number of fused-ring (bicyclic) bond motifs is 2. The summed E-state index contributed by atoms with van der Waals surface area (Å²) in [4.78, 5) is 29.1. The van der Waals surface area contributed by atoms with E-state index in [-0.39, 0.29) is 18.4 Å². The van der Waals surface area contributed by atoms with Crippen LogP contribution in [0, 0.1) is 6.92 Å². The first-order valence-corrected chi connectivity index (χ1v) is 11.1. The number of aryl methyl sites for hydroxylation is 3. The standard InChI is InChI=1S/C23H27N7O3/c1-15-6-7-19-18(11-15)30(21(32)13-33-19)9-4-5-20(31)29-10-8-17-16(12-29)22(26-28(17)3)23-25-24-14-27(23)2/h6-7,11,14H,4-5,8-10,12-13H2,1-3H3. The maximum absolute atomic E-state index is 13.0. The molecule has 0 atom stereocenters. The third-order valence-corrected chi connectivity index (χ3v) is 6.35. The van der Waals surface area contributed by atoms with Gasteiger partial charge >= 0.3 is 0 Å². The molecule has 0 fully saturated rings. The average molecular weight is 450 g/mol. The zero-order valence-electron chi connectivity index (χ0n) is 19.1. The first-order valence-electron chi connectivity index (χ1n) is 11.1. The van der Waals surface area contributed by atoms with Crippen LogP contribution in [0.1, 0.15) is 29.7 Å². The highest BCUT2D eigenvalue weighted by atomic mass is 16.5. The summed E-state index contributed by atoms with van der Waals surface area (Å²) in [6, 6.07) is 5.81. The highest BCUT2D eigenvalue weighted by molar-refractivity contribution is 5.98. The van der Waals surface area contributed by atoms with E-state index in [1.165, 1.54) is 0 Å². The minimum Gasteiger partial charge on any atom is -0.482 e. The predicted molar refractivity (Wildman–Crippen MR) is 121 cm³/mol. The fourth-order valence-electron chi connectivity index (χ4n) is 4.59. The maximum atomic E-state index is 13.0. The van der Waals surface area contributed by atoms with Crippen molar-refractivity contribution in [3.63, 3.8) is 0 Å². The van der Waals surface area contributed by atoms with Gasteiger partial charge < -0.3 is 19.1 Å². The van der Waals surface area contributed by atoms with Crippen LogP contribution in [-0.4, -0.2) is 61.0 Å². The second kappa shape index (κ2) is 8.34. The monoisotopic (exact) mass is 449 g/mol. The molecule has 1 aromatic carbocycles. The molecule has 2 aliphatic heterocycles. The second-order valence-electron chi connectivity index (χ2n) is 8.64. The number of benzene rings is 1. The van der Waals surface area contributed by atoms with Crippen LogP contribution in [0.15, 0.2) is 24.5 Å². The van der Waals surface area contributed by atoms with E-state index < -0.39 is 0 Å². The molecule has 0 aliphatic carbocycles. The van der Waals surface area contributed by atoms with Gasteiger partial charge in [0.25, 0.3) is 5.91 Å². The Morgan fingerprint density at radius 2 is 2.09 bits per heavy atom. The van der Waals surface area contributed by atoms with Crippen LogP contribution in [0.5, 0.6) is 5.75 Å². The Kier molecular flexibility index (Phi) is 5.35. The normalized spacial score (nSPS) is 15.3. The van der Waals surface area contributed by atoms with Gasteiger partial charge in [-0.3, -0.25) is 14.3 Å². The minimum atomic E-state index is -0.0770. The van der Waals surface area contributed by atoms with Crippen LogP contribution in [0.4, 0.5) is 5.69 Å². The molecule has 2 aromatic heterocycles. The molecule has 0 saturated heterocycles. The van der Waals surface area contributed by atoms with Crippen molar-refractivity contribution >= 4 is 17.5 Å². The first kappa shape index (κ1) is 21.2. The summed E-state index contributed by atoms with van der Waals surface area (Å²) >= 11 is 0. The van der Waals surface area contributed by atoms with Crippen molar-refractivity contribution in [2.75, 3.05) is 24.6 Å². The summed E-state index contributed by atoms with van der Waals surface area (Å²) < 4.78 is 9.26. The zero-order chi connectivity index (χ0) is 23.1. The molecular formula is C23H27N7O3. The maximum Gasteiger partial charge on any atom is 0.265 e. The Bertz CT molecular complexity index is 1230. The van der Waals surface area contributed by atoms with Crippen molar-refractivity contribution < 1.29 is 14.3 Å². The van der Waals surface area contributed by atoms with E-state index in [2.05, 4.69) is 15.3 Å². The van der Waals surface area contributed by atoms with E-state index in [1.807, 2.05) is 53.4 Å². The molecule has 172 valence electrons. The van der Waals surface area contributed by atoms with Crippen LogP contribution in [0.3, 0.4) is 0 Å². The van der Waals surface area contributed by atoms with Crippen LogP contribution in [0.2, 0.25) is 0 Å². The lowest BCUT2D eigenvalue weighted by atomic mass is 10.0. The molecule has 4 heterocycles. The zero-order valence-corrected chi connectivity index (χ0v) is 19.1. The largest absolute Gasteiger partial charge is 0.482 e. The van der Waals surface area contributed by atoms with Gasteiger partial charge in [0.1, 0.15) is 17.8 Å². The Morgan fingerprint density at radius 3 is 2.88 bits per heavy atom. The Hall–Kier alpha value is -3.69. The molecule has 10 nitrogen and oxygen atoms in total. The molecule has 2 amide bonds. The predicted octanol–water partition coefficient (Wildman–Crippen LogP) is 1.61. The van der Waals surface area contributed by atoms with E-state index in [4.69, 9.17) is 4.74 Å². The molecule has 0 spiro atoms. The van der Waals surface area contributed by atoms with Gasteiger partial charge in [0.15, 0.2) is 12.4 Å². The van der Waals surface area contributed by atoms with Crippen molar-refractivity contribution in [1.82, 2.24) is 29.4 Å². The lowest BCUT2D eigenvalue weighted by molar-refractivity contribution is -0.132. The number of amides is 2. The highest BCUT2D eigenvalue weighted by Gasteiger charge is 2.29. The summed E-state index contributed by atoms with van der Waals surface area (Å²) in [7, 11) is 3.81. The van der Waals surface area contributed by atoms with E-state index in [0.29, 0.717) is 44.0 Å². The molecule has 0 saturated carbocycles. The van der Waals surface area contributed by atoms with Gasteiger partial charge in [0.05, 0.1) is 5.69 Å². The quantitative estimate of drug-likeness (QED) is 0.587. The number of carbonyl (C=O) groups excluding carboxylic acids is 2. The number of aromatic nitrogens is 5. The van der Waals surface area contributed by atoms with Crippen LogP contribution >= 0.6 is 0 Å². The number of rotatable bonds is 5. The van der Waals surface area contributed by atoms with E-state index in [1.54, 1.807) is 11.2 Å². The molecule has 2 aliphatic rings. The topological polar surface area (TPSA) is 98.4 Å². The molecule has 0 radical (unpaired) electrons. The molecule has 0 bridgehead atoms. The summed E-state index contributed by atoms with van der Waals surface area (Å²) in [6.07, 6.45) is 3.36. The molecule has 33 heavy (non-hydrogen) atoms. The first-order chi connectivity index (χ1) is 15.9. The van der Waals surface area contributed by atoms with Gasteiger partial charge in [-0.1, -0.05) is 6.07 Å². The molecule has 0 unspecified atom stereocenters. The third kappa shape index (κ3) is 3.85. The Balaban J connectivity index is 1.25.